The first-order chi connectivity index (χ1) is 15.4. The lowest BCUT2D eigenvalue weighted by atomic mass is 10.1. The summed E-state index contributed by atoms with van der Waals surface area (Å²) >= 11 is 0. The van der Waals surface area contributed by atoms with E-state index in [2.05, 4.69) is 5.10 Å². The van der Waals surface area contributed by atoms with E-state index in [-0.39, 0.29) is 29.4 Å². The quantitative estimate of drug-likeness (QED) is 0.439. The number of hydrogen-bond acceptors (Lipinski definition) is 3. The predicted octanol–water partition coefficient (Wildman–Crippen LogP) is 3.66. The lowest BCUT2D eigenvalue weighted by Crippen LogP contribution is -2.27. The van der Waals surface area contributed by atoms with E-state index < -0.39 is 0 Å². The summed E-state index contributed by atoms with van der Waals surface area (Å²) in [6.07, 6.45) is 0. The van der Waals surface area contributed by atoms with Crippen molar-refractivity contribution in [3.8, 4) is 0 Å². The number of hydrogen-bond donors (Lipinski definition) is 0. The Morgan fingerprint density at radius 3 is 2.44 bits per heavy atom. The van der Waals surface area contributed by atoms with E-state index in [1.54, 1.807) is 36.4 Å². The Morgan fingerprint density at radius 1 is 0.906 bits per heavy atom. The summed E-state index contributed by atoms with van der Waals surface area (Å²) in [4.78, 5) is 26.7. The second-order valence-corrected chi connectivity index (χ2v) is 8.04. The van der Waals surface area contributed by atoms with Gasteiger partial charge in [-0.25, -0.2) is 18.3 Å². The molecule has 0 aliphatic rings. The minimum absolute atomic E-state index is 0.174. The molecule has 0 radical (unpaired) electrons. The van der Waals surface area contributed by atoms with E-state index in [1.165, 1.54) is 25.8 Å². The van der Waals surface area contributed by atoms with Gasteiger partial charge >= 0.3 is 5.69 Å². The van der Waals surface area contributed by atoms with Gasteiger partial charge in [-0.3, -0.25) is 9.36 Å². The average Bonchev–Trinajstić information content (AvgIpc) is 3.11. The third kappa shape index (κ3) is 3.32. The van der Waals surface area contributed by atoms with Crippen LogP contribution in [-0.2, 0) is 13.1 Å². The first-order valence-corrected chi connectivity index (χ1v) is 10.3. The summed E-state index contributed by atoms with van der Waals surface area (Å²) in [6.45, 7) is 4.47. The van der Waals surface area contributed by atoms with Crippen LogP contribution in [0.4, 0.5) is 4.39 Å². The molecule has 0 saturated carbocycles. The monoisotopic (exact) mass is 428 g/mol. The van der Waals surface area contributed by atoms with Crippen molar-refractivity contribution in [3.05, 3.63) is 116 Å². The van der Waals surface area contributed by atoms with Gasteiger partial charge in [0.2, 0.25) is 5.78 Å². The molecule has 0 aliphatic carbocycles. The highest BCUT2D eigenvalue weighted by molar-refractivity contribution is 5.80. The Hall–Kier alpha value is -4.00. The van der Waals surface area contributed by atoms with E-state index in [1.807, 2.05) is 32.0 Å². The molecule has 0 spiro atoms. The minimum Gasteiger partial charge on any atom is -0.272 e. The highest BCUT2D eigenvalue weighted by Gasteiger charge is 2.18. The molecule has 2 aromatic heterocycles. The van der Waals surface area contributed by atoms with Crippen molar-refractivity contribution in [2.45, 2.75) is 26.9 Å². The molecule has 0 unspecified atom stereocenters. The summed E-state index contributed by atoms with van der Waals surface area (Å²) in [7, 11) is 0. The number of rotatable bonds is 4. The van der Waals surface area contributed by atoms with Gasteiger partial charge in [0.05, 0.1) is 24.0 Å². The van der Waals surface area contributed by atoms with E-state index in [4.69, 9.17) is 0 Å². The Morgan fingerprint density at radius 2 is 1.66 bits per heavy atom. The molecule has 0 fully saturated rings. The smallest absolute Gasteiger partial charge is 0.272 e. The summed E-state index contributed by atoms with van der Waals surface area (Å²) in [5, 5.41) is 4.99. The third-order valence-corrected chi connectivity index (χ3v) is 5.76. The molecule has 32 heavy (non-hydrogen) atoms. The van der Waals surface area contributed by atoms with Crippen LogP contribution in [0.3, 0.4) is 0 Å². The Labute approximate surface area is 182 Å². The van der Waals surface area contributed by atoms with E-state index in [0.29, 0.717) is 17.4 Å². The number of fused-ring (bicyclic) bond motifs is 3. The normalized spacial score (nSPS) is 11.5. The molecule has 0 aliphatic heterocycles. The van der Waals surface area contributed by atoms with Crippen LogP contribution in [0.2, 0.25) is 0 Å². The molecule has 7 heteroatoms. The Bertz CT molecular complexity index is 1590. The summed E-state index contributed by atoms with van der Waals surface area (Å²) in [5.74, 6) is -0.0906. The van der Waals surface area contributed by atoms with Gasteiger partial charge in [-0.05, 0) is 54.8 Å². The van der Waals surface area contributed by atoms with Gasteiger partial charge in [-0.1, -0.05) is 48.0 Å². The van der Waals surface area contributed by atoms with Crippen LogP contribution in [0.5, 0.6) is 0 Å². The first-order valence-electron chi connectivity index (χ1n) is 10.3. The molecule has 0 amide bonds. The number of halogens is 1. The number of benzene rings is 3. The minimum atomic E-state index is -0.348. The molecule has 0 saturated heterocycles. The zero-order valence-corrected chi connectivity index (χ0v) is 17.7. The molecule has 0 bridgehead atoms. The van der Waals surface area contributed by atoms with Crippen LogP contribution in [0.25, 0.3) is 16.7 Å². The zero-order valence-electron chi connectivity index (χ0n) is 17.7. The third-order valence-electron chi connectivity index (χ3n) is 5.76. The van der Waals surface area contributed by atoms with Gasteiger partial charge in [-0.15, -0.1) is 5.10 Å². The van der Waals surface area contributed by atoms with Crippen molar-refractivity contribution in [2.24, 2.45) is 0 Å². The second-order valence-electron chi connectivity index (χ2n) is 8.04. The fourth-order valence-electron chi connectivity index (χ4n) is 4.02. The summed E-state index contributed by atoms with van der Waals surface area (Å²) in [5.41, 5.74) is 3.84. The number of para-hydroxylation sites is 1. The van der Waals surface area contributed by atoms with Crippen LogP contribution < -0.4 is 11.2 Å². The maximum Gasteiger partial charge on any atom is 0.352 e. The fourth-order valence-corrected chi connectivity index (χ4v) is 4.02. The van der Waals surface area contributed by atoms with Gasteiger partial charge in [0.25, 0.3) is 5.56 Å². The predicted molar refractivity (Wildman–Crippen MR) is 122 cm³/mol. The van der Waals surface area contributed by atoms with Crippen molar-refractivity contribution in [3.63, 3.8) is 0 Å². The average molecular weight is 428 g/mol. The largest absolute Gasteiger partial charge is 0.352 e. The SMILES string of the molecule is Cc1ccc(C)c(Cn2nc3n(Cc4ccc(F)cc4)c(=O)c4ccccc4n3c2=O)c1. The molecular weight excluding hydrogens is 407 g/mol. The standard InChI is InChI=1S/C25H21FN4O2/c1-16-7-8-17(2)19(13-16)15-29-25(32)30-22-6-4-3-5-21(22)23(31)28(24(30)27-29)14-18-9-11-20(26)12-10-18/h3-13H,14-15H2,1-2H3. The number of nitrogens with zero attached hydrogens (tertiary/aromatic N) is 4. The van der Waals surface area contributed by atoms with Crippen molar-refractivity contribution in [2.75, 3.05) is 0 Å². The fraction of sp³-hybridized carbons (Fsp3) is 0.160. The van der Waals surface area contributed by atoms with Crippen LogP contribution >= 0.6 is 0 Å². The molecule has 160 valence electrons. The topological polar surface area (TPSA) is 61.3 Å². The van der Waals surface area contributed by atoms with E-state index >= 15 is 0 Å². The first kappa shape index (κ1) is 19.9. The summed E-state index contributed by atoms with van der Waals surface area (Å²) < 4.78 is 17.7. The summed E-state index contributed by atoms with van der Waals surface area (Å²) in [6, 6.07) is 19.0. The van der Waals surface area contributed by atoms with Crippen LogP contribution in [0.1, 0.15) is 22.3 Å². The highest BCUT2D eigenvalue weighted by Crippen LogP contribution is 2.15. The molecule has 3 aromatic carbocycles. The maximum absolute atomic E-state index is 13.4. The Kier molecular flexibility index (Phi) is 4.74. The second kappa shape index (κ2) is 7.60. The van der Waals surface area contributed by atoms with Crippen LogP contribution in [0, 0.1) is 19.7 Å². The molecule has 5 aromatic rings. The van der Waals surface area contributed by atoms with Crippen molar-refractivity contribution in [1.82, 2.24) is 18.7 Å². The van der Waals surface area contributed by atoms with Gasteiger partial charge in [0.1, 0.15) is 5.82 Å². The van der Waals surface area contributed by atoms with Crippen molar-refractivity contribution in [1.29, 1.82) is 0 Å². The van der Waals surface area contributed by atoms with Crippen LogP contribution in [-0.4, -0.2) is 18.7 Å². The molecule has 0 atom stereocenters. The van der Waals surface area contributed by atoms with Gasteiger partial charge in [0, 0.05) is 0 Å². The molecular formula is C25H21FN4O2. The van der Waals surface area contributed by atoms with Gasteiger partial charge < -0.3 is 0 Å². The zero-order chi connectivity index (χ0) is 22.4. The van der Waals surface area contributed by atoms with Crippen molar-refractivity contribution >= 4 is 16.7 Å². The lowest BCUT2D eigenvalue weighted by Gasteiger charge is -2.09. The maximum atomic E-state index is 13.4. The Balaban J connectivity index is 1.75. The lowest BCUT2D eigenvalue weighted by molar-refractivity contribution is 0.626. The molecule has 2 heterocycles. The van der Waals surface area contributed by atoms with Gasteiger partial charge in [-0.2, -0.15) is 0 Å². The highest BCUT2D eigenvalue weighted by atomic mass is 19.1. The van der Waals surface area contributed by atoms with Gasteiger partial charge in [0.15, 0.2) is 0 Å². The van der Waals surface area contributed by atoms with E-state index in [0.717, 1.165) is 22.3 Å². The van der Waals surface area contributed by atoms with Crippen LogP contribution in [0.15, 0.2) is 76.3 Å². The molecule has 0 N–H and O–H groups in total. The number of aromatic nitrogens is 4. The molecule has 5 rings (SSSR count). The molecule has 6 nitrogen and oxygen atoms in total. The van der Waals surface area contributed by atoms with Crippen molar-refractivity contribution < 1.29 is 4.39 Å². The number of aryl methyl sites for hydroxylation is 2. The van der Waals surface area contributed by atoms with E-state index in [9.17, 15) is 14.0 Å².